The average molecular weight is 1250 g/mol. The number of hydrogen-bond acceptors (Lipinski definition) is 8. The molecule has 0 bridgehead atoms. The fourth-order valence-electron chi connectivity index (χ4n) is 10.7. The van der Waals surface area contributed by atoms with Gasteiger partial charge in [0.05, 0.1) is 27.7 Å². The molecule has 9 nitrogen and oxygen atoms in total. The second kappa shape index (κ2) is 68.6. The molecular formula is C78H142NO8P. The van der Waals surface area contributed by atoms with Gasteiger partial charge in [-0.2, -0.15) is 0 Å². The van der Waals surface area contributed by atoms with E-state index in [1.807, 2.05) is 21.1 Å². The molecule has 10 heteroatoms. The Hall–Kier alpha value is -2.81. The Kier molecular flexibility index (Phi) is 66.4. The van der Waals surface area contributed by atoms with Crippen molar-refractivity contribution < 1.29 is 42.1 Å². The smallest absolute Gasteiger partial charge is 0.306 e. The number of esters is 2. The Morgan fingerprint density at radius 2 is 0.648 bits per heavy atom. The molecule has 0 aliphatic heterocycles. The van der Waals surface area contributed by atoms with E-state index in [0.717, 1.165) is 83.5 Å². The lowest BCUT2D eigenvalue weighted by atomic mass is 10.0. The monoisotopic (exact) mass is 1250 g/mol. The van der Waals surface area contributed by atoms with Crippen molar-refractivity contribution in [1.29, 1.82) is 0 Å². The lowest BCUT2D eigenvalue weighted by Gasteiger charge is -2.28. The van der Waals surface area contributed by atoms with Gasteiger partial charge >= 0.3 is 11.9 Å². The van der Waals surface area contributed by atoms with Crippen LogP contribution in [0.4, 0.5) is 0 Å². The SMILES string of the molecule is CC/C=C\C/C=C\C/C=C\C/C=C\C/C=C\CCCCCCCCCC(=O)OC(COC(=O)CCCCCCCCCCCCCCCCCCCCCCCCCCCCCCC/C=C\C/C=C\CCCCCCC)COP(=O)([O-])OCC[N+](C)(C)C. The highest BCUT2D eigenvalue weighted by Gasteiger charge is 2.22. The Bertz CT molecular complexity index is 1760. The van der Waals surface area contributed by atoms with E-state index in [4.69, 9.17) is 18.5 Å². The van der Waals surface area contributed by atoms with E-state index in [9.17, 15) is 19.0 Å². The molecule has 0 radical (unpaired) electrons. The van der Waals surface area contributed by atoms with E-state index in [2.05, 4.69) is 98.9 Å². The zero-order valence-corrected chi connectivity index (χ0v) is 59.3. The normalized spacial score (nSPS) is 13.6. The fraction of sp³-hybridized carbons (Fsp3) is 0.795. The van der Waals surface area contributed by atoms with Gasteiger partial charge in [-0.3, -0.25) is 14.2 Å². The highest BCUT2D eigenvalue weighted by Crippen LogP contribution is 2.38. The quantitative estimate of drug-likeness (QED) is 0.0195. The van der Waals surface area contributed by atoms with Gasteiger partial charge in [-0.15, -0.1) is 0 Å². The molecule has 0 aliphatic rings. The molecule has 0 amide bonds. The first-order chi connectivity index (χ1) is 43.0. The summed E-state index contributed by atoms with van der Waals surface area (Å²) in [7, 11) is 1.16. The van der Waals surface area contributed by atoms with Gasteiger partial charge in [0.1, 0.15) is 19.8 Å². The maximum atomic E-state index is 12.8. The second-order valence-corrected chi connectivity index (χ2v) is 27.7. The van der Waals surface area contributed by atoms with E-state index >= 15 is 0 Å². The van der Waals surface area contributed by atoms with Crippen molar-refractivity contribution in [2.24, 2.45) is 0 Å². The van der Waals surface area contributed by atoms with Crippen molar-refractivity contribution in [1.82, 2.24) is 0 Å². The zero-order valence-electron chi connectivity index (χ0n) is 58.4. The van der Waals surface area contributed by atoms with Crippen molar-refractivity contribution in [2.75, 3.05) is 47.5 Å². The number of quaternary nitrogens is 1. The third-order valence-corrected chi connectivity index (χ3v) is 17.4. The number of ether oxygens (including phenoxy) is 2. The maximum Gasteiger partial charge on any atom is 0.306 e. The third-order valence-electron chi connectivity index (χ3n) is 16.4. The summed E-state index contributed by atoms with van der Waals surface area (Å²) < 4.78 is 34.3. The molecule has 0 heterocycles. The lowest BCUT2D eigenvalue weighted by molar-refractivity contribution is -0.870. The summed E-state index contributed by atoms with van der Waals surface area (Å²) in [5.74, 6) is -0.835. The first kappa shape index (κ1) is 85.2. The van der Waals surface area contributed by atoms with Crippen molar-refractivity contribution >= 4 is 19.8 Å². The highest BCUT2D eigenvalue weighted by molar-refractivity contribution is 7.45. The van der Waals surface area contributed by atoms with Crippen LogP contribution in [0.3, 0.4) is 0 Å². The molecule has 0 saturated heterocycles. The number of phosphoric ester groups is 1. The van der Waals surface area contributed by atoms with Crippen LogP contribution >= 0.6 is 7.82 Å². The van der Waals surface area contributed by atoms with Crippen LogP contribution in [0.15, 0.2) is 85.1 Å². The number of unbranched alkanes of at least 4 members (excludes halogenated alkanes) is 41. The van der Waals surface area contributed by atoms with Crippen molar-refractivity contribution in [3.8, 4) is 0 Å². The molecule has 0 aromatic heterocycles. The summed E-state index contributed by atoms with van der Waals surface area (Å²) in [6, 6.07) is 0. The molecule has 2 unspecified atom stereocenters. The average Bonchev–Trinajstić information content (AvgIpc) is 3.68. The predicted molar refractivity (Wildman–Crippen MR) is 379 cm³/mol. The Labute approximate surface area is 545 Å². The summed E-state index contributed by atoms with van der Waals surface area (Å²) in [5.41, 5.74) is 0. The number of carbonyl (C=O) groups excluding carboxylic acids is 2. The van der Waals surface area contributed by atoms with E-state index < -0.39 is 26.5 Å². The number of phosphoric acid groups is 1. The van der Waals surface area contributed by atoms with Gasteiger partial charge in [0.15, 0.2) is 6.10 Å². The molecule has 0 saturated carbocycles. The van der Waals surface area contributed by atoms with Crippen LogP contribution in [-0.2, 0) is 32.7 Å². The summed E-state index contributed by atoms with van der Waals surface area (Å²) in [5, 5.41) is 0. The van der Waals surface area contributed by atoms with Crippen molar-refractivity contribution in [3.05, 3.63) is 85.1 Å². The number of allylic oxidation sites excluding steroid dienone is 14. The third kappa shape index (κ3) is 72.3. The van der Waals surface area contributed by atoms with Crippen LogP contribution in [0.25, 0.3) is 0 Å². The summed E-state index contributed by atoms with van der Waals surface area (Å²) >= 11 is 0. The van der Waals surface area contributed by atoms with Gasteiger partial charge in [0.2, 0.25) is 0 Å². The minimum absolute atomic E-state index is 0.0350. The molecule has 0 N–H and O–H groups in total. The van der Waals surface area contributed by atoms with Crippen LogP contribution in [0.5, 0.6) is 0 Å². The lowest BCUT2D eigenvalue weighted by Crippen LogP contribution is -2.37. The molecule has 88 heavy (non-hydrogen) atoms. The van der Waals surface area contributed by atoms with Crippen molar-refractivity contribution in [2.45, 2.75) is 354 Å². The Morgan fingerprint density at radius 1 is 0.364 bits per heavy atom. The largest absolute Gasteiger partial charge is 0.756 e. The van der Waals surface area contributed by atoms with Gasteiger partial charge in [0, 0.05) is 12.8 Å². The zero-order chi connectivity index (χ0) is 64.1. The van der Waals surface area contributed by atoms with Crippen LogP contribution < -0.4 is 4.89 Å². The van der Waals surface area contributed by atoms with E-state index in [1.54, 1.807) is 0 Å². The molecule has 0 aromatic carbocycles. The topological polar surface area (TPSA) is 111 Å². The van der Waals surface area contributed by atoms with Gasteiger partial charge in [-0.05, 0) is 89.9 Å². The molecular weight excluding hydrogens is 1110 g/mol. The van der Waals surface area contributed by atoms with Crippen LogP contribution in [-0.4, -0.2) is 70.0 Å². The summed E-state index contributed by atoms with van der Waals surface area (Å²) in [4.78, 5) is 38.1. The standard InChI is InChI=1S/C78H142NO8P/c1-6-8-10-12-14-16-18-20-22-24-26-28-30-31-32-33-34-35-36-37-38-39-40-41-42-43-44-45-46-47-49-50-52-54-56-58-60-62-64-66-68-70-77(80)84-74-76(75-86-88(82,83)85-73-72-79(3,4)5)87-78(81)71-69-67-65-63-61-59-57-55-53-51-48-29-27-25-23-21-19-17-15-13-11-9-7-2/h9,11,15,17-18,20-21,23-24,26-27,29,51,53,76H,6-8,10,12-14,16,19,22,25,28,30-50,52,54-75H2,1-5H3/b11-9-,17-15-,20-18-,23-21-,26-24-,29-27-,53-51-. The highest BCUT2D eigenvalue weighted by atomic mass is 31.2. The first-order valence-corrected chi connectivity index (χ1v) is 38.8. The van der Waals surface area contributed by atoms with E-state index in [1.165, 1.54) is 231 Å². The Balaban J connectivity index is 3.91. The summed E-state index contributed by atoms with van der Waals surface area (Å²) in [6.45, 7) is 4.14. The van der Waals surface area contributed by atoms with E-state index in [-0.39, 0.29) is 32.0 Å². The van der Waals surface area contributed by atoms with Crippen molar-refractivity contribution in [3.63, 3.8) is 0 Å². The van der Waals surface area contributed by atoms with Crippen LogP contribution in [0.2, 0.25) is 0 Å². The number of nitrogens with zero attached hydrogens (tertiary/aromatic N) is 1. The molecule has 0 aliphatic carbocycles. The molecule has 0 spiro atoms. The fourth-order valence-corrected chi connectivity index (χ4v) is 11.4. The molecule has 2 atom stereocenters. The molecule has 0 rings (SSSR count). The van der Waals surface area contributed by atoms with Gasteiger partial charge in [-0.25, -0.2) is 0 Å². The number of hydrogen-bond donors (Lipinski definition) is 0. The van der Waals surface area contributed by atoms with Gasteiger partial charge in [-0.1, -0.05) is 330 Å². The second-order valence-electron chi connectivity index (χ2n) is 26.3. The molecule has 0 aromatic rings. The number of likely N-dealkylation sites (N-methyl/N-ethyl adjacent to an activating group) is 1. The minimum atomic E-state index is -4.65. The van der Waals surface area contributed by atoms with Gasteiger partial charge in [0.25, 0.3) is 7.82 Å². The van der Waals surface area contributed by atoms with Gasteiger partial charge < -0.3 is 27.9 Å². The Morgan fingerprint density at radius 3 is 0.966 bits per heavy atom. The molecule has 512 valence electrons. The summed E-state index contributed by atoms with van der Waals surface area (Å²) in [6.07, 6.45) is 94.1. The predicted octanol–water partition coefficient (Wildman–Crippen LogP) is 23.9. The number of carbonyl (C=O) groups is 2. The number of rotatable bonds is 69. The van der Waals surface area contributed by atoms with Crippen LogP contribution in [0, 0.1) is 0 Å². The maximum absolute atomic E-state index is 12.8. The van der Waals surface area contributed by atoms with E-state index in [0.29, 0.717) is 17.4 Å². The molecule has 0 fully saturated rings. The first-order valence-electron chi connectivity index (χ1n) is 37.3. The minimum Gasteiger partial charge on any atom is -0.756 e. The van der Waals surface area contributed by atoms with Crippen LogP contribution in [0.1, 0.15) is 348 Å².